The number of aliphatic imine (C=N–C) groups is 1. The van der Waals surface area contributed by atoms with Crippen LogP contribution in [0.25, 0.3) is 0 Å². The minimum atomic E-state index is 0. The number of benzene rings is 1. The maximum atomic E-state index is 8.63. The second kappa shape index (κ2) is 9.31. The van der Waals surface area contributed by atoms with Gasteiger partial charge in [0.2, 0.25) is 0 Å². The lowest BCUT2D eigenvalue weighted by Gasteiger charge is -2.32. The molecule has 0 heterocycles. The molecule has 0 unspecified atom stereocenters. The number of allylic oxidation sites excluding steroid dienone is 3. The Morgan fingerprint density at radius 1 is 1.43 bits per heavy atom. The summed E-state index contributed by atoms with van der Waals surface area (Å²) in [6.45, 7) is 8.83. The molecule has 0 saturated carbocycles. The summed E-state index contributed by atoms with van der Waals surface area (Å²) in [4.78, 5) is 3.95. The largest absolute Gasteiger partial charge is 0.402 e. The van der Waals surface area contributed by atoms with Crippen molar-refractivity contribution in [3.05, 3.63) is 64.9 Å². The molecule has 0 aromatic heterocycles. The SMILES string of the molecule is C=C/C(=C\C=NC)CNc1ccc(C(=N)C2=C(N)CC(C)(C)CC2)cc1C=N.[HH]. The summed E-state index contributed by atoms with van der Waals surface area (Å²) < 4.78 is 0. The smallest absolute Gasteiger partial charge is 0.0661 e. The molecular formula is C23H33N5. The van der Waals surface area contributed by atoms with Crippen LogP contribution >= 0.6 is 0 Å². The van der Waals surface area contributed by atoms with E-state index in [4.69, 9.17) is 16.6 Å². The zero-order valence-electron chi connectivity index (χ0n) is 17.1. The van der Waals surface area contributed by atoms with Crippen LogP contribution < -0.4 is 11.1 Å². The van der Waals surface area contributed by atoms with Gasteiger partial charge < -0.3 is 16.5 Å². The van der Waals surface area contributed by atoms with E-state index in [1.165, 1.54) is 6.21 Å². The lowest BCUT2D eigenvalue weighted by atomic mass is 9.75. The van der Waals surface area contributed by atoms with Crippen molar-refractivity contribution in [1.29, 1.82) is 10.8 Å². The average Bonchev–Trinajstić information content (AvgIpc) is 2.67. The van der Waals surface area contributed by atoms with Crippen molar-refractivity contribution in [3.8, 4) is 0 Å². The van der Waals surface area contributed by atoms with Gasteiger partial charge in [-0.2, -0.15) is 0 Å². The molecular weight excluding hydrogens is 346 g/mol. The fourth-order valence-corrected chi connectivity index (χ4v) is 3.36. The molecule has 1 aliphatic carbocycles. The third-order valence-electron chi connectivity index (χ3n) is 5.09. The summed E-state index contributed by atoms with van der Waals surface area (Å²) in [5.74, 6) is 0. The number of nitrogens with one attached hydrogen (secondary N) is 3. The number of anilines is 1. The molecule has 0 saturated heterocycles. The van der Waals surface area contributed by atoms with Gasteiger partial charge in [-0.1, -0.05) is 32.6 Å². The average molecular weight is 380 g/mol. The predicted octanol–water partition coefficient (Wildman–Crippen LogP) is 4.95. The number of nitrogens with zero attached hydrogens (tertiary/aromatic N) is 1. The first-order chi connectivity index (χ1) is 13.3. The first-order valence-corrected chi connectivity index (χ1v) is 9.50. The Bertz CT molecular complexity index is 862. The van der Waals surface area contributed by atoms with E-state index in [9.17, 15) is 0 Å². The second-order valence-corrected chi connectivity index (χ2v) is 7.87. The predicted molar refractivity (Wildman–Crippen MR) is 123 cm³/mol. The van der Waals surface area contributed by atoms with Gasteiger partial charge in [-0.05, 0) is 54.0 Å². The molecule has 0 bridgehead atoms. The summed E-state index contributed by atoms with van der Waals surface area (Å²) in [6, 6.07) is 5.72. The summed E-state index contributed by atoms with van der Waals surface area (Å²) in [7, 11) is 1.72. The van der Waals surface area contributed by atoms with Crippen LogP contribution in [0.4, 0.5) is 5.69 Å². The van der Waals surface area contributed by atoms with E-state index < -0.39 is 0 Å². The molecule has 28 heavy (non-hydrogen) atoms. The van der Waals surface area contributed by atoms with E-state index in [1.807, 2.05) is 24.3 Å². The van der Waals surface area contributed by atoms with Crippen LogP contribution in [0.5, 0.6) is 0 Å². The van der Waals surface area contributed by atoms with Crippen molar-refractivity contribution in [1.82, 2.24) is 0 Å². The van der Waals surface area contributed by atoms with E-state index >= 15 is 0 Å². The van der Waals surface area contributed by atoms with Crippen LogP contribution in [0.2, 0.25) is 0 Å². The molecule has 1 aliphatic rings. The highest BCUT2D eigenvalue weighted by molar-refractivity contribution is 6.12. The van der Waals surface area contributed by atoms with E-state index in [1.54, 1.807) is 19.3 Å². The van der Waals surface area contributed by atoms with Crippen molar-refractivity contribution in [3.63, 3.8) is 0 Å². The van der Waals surface area contributed by atoms with Gasteiger partial charge in [-0.25, -0.2) is 0 Å². The molecule has 0 amide bonds. The molecule has 5 N–H and O–H groups in total. The lowest BCUT2D eigenvalue weighted by Crippen LogP contribution is -2.25. The minimum Gasteiger partial charge on any atom is -0.402 e. The maximum absolute atomic E-state index is 8.63. The summed E-state index contributed by atoms with van der Waals surface area (Å²) >= 11 is 0. The van der Waals surface area contributed by atoms with Gasteiger partial charge in [0.05, 0.1) is 5.71 Å². The summed E-state index contributed by atoms with van der Waals surface area (Å²) in [5, 5.41) is 19.7. The van der Waals surface area contributed by atoms with Crippen LogP contribution in [-0.4, -0.2) is 31.7 Å². The zero-order chi connectivity index (χ0) is 20.7. The van der Waals surface area contributed by atoms with Crippen molar-refractivity contribution < 1.29 is 1.43 Å². The van der Waals surface area contributed by atoms with Gasteiger partial charge in [-0.15, -0.1) is 0 Å². The fourth-order valence-electron chi connectivity index (χ4n) is 3.36. The van der Waals surface area contributed by atoms with Crippen LogP contribution in [0.1, 0.15) is 45.7 Å². The Labute approximate surface area is 169 Å². The zero-order valence-corrected chi connectivity index (χ0v) is 17.1. The van der Waals surface area contributed by atoms with Crippen LogP contribution in [0.15, 0.2) is 58.8 Å². The summed E-state index contributed by atoms with van der Waals surface area (Å²) in [5.41, 5.74) is 12.1. The molecule has 0 atom stereocenters. The highest BCUT2D eigenvalue weighted by Crippen LogP contribution is 2.37. The Morgan fingerprint density at radius 3 is 2.79 bits per heavy atom. The Kier molecular flexibility index (Phi) is 7.10. The van der Waals surface area contributed by atoms with Gasteiger partial charge >= 0.3 is 0 Å². The molecule has 5 heteroatoms. The number of hydrogen-bond acceptors (Lipinski definition) is 5. The molecule has 0 aliphatic heterocycles. The summed E-state index contributed by atoms with van der Waals surface area (Å²) in [6.07, 6.45) is 9.39. The standard InChI is InChI=1S/C23H31N5.H2/c1-5-16(9-11-27-4)15-28-21-7-6-17(12-18(21)14-24)22(26)19-8-10-23(2,3)13-20(19)25;/h5-7,9,11-12,14,24,26,28H,1,8,10,13,15,25H2,2-4H3;1H/b16-9+,24-14?,26-22?,27-11?;. The number of hydrogen-bond donors (Lipinski definition) is 4. The van der Waals surface area contributed by atoms with E-state index in [0.29, 0.717) is 12.3 Å². The van der Waals surface area contributed by atoms with Crippen molar-refractivity contribution in [2.24, 2.45) is 16.1 Å². The molecule has 1 aromatic rings. The molecule has 5 nitrogen and oxygen atoms in total. The van der Waals surface area contributed by atoms with Crippen LogP contribution in [0, 0.1) is 16.2 Å². The maximum Gasteiger partial charge on any atom is 0.0661 e. The third kappa shape index (κ3) is 5.28. The van der Waals surface area contributed by atoms with Crippen LogP contribution in [-0.2, 0) is 0 Å². The van der Waals surface area contributed by atoms with Gasteiger partial charge in [0.1, 0.15) is 0 Å². The molecule has 2 rings (SSSR count). The lowest BCUT2D eigenvalue weighted by molar-refractivity contribution is 0.315. The van der Waals surface area contributed by atoms with Gasteiger partial charge in [-0.3, -0.25) is 10.4 Å². The van der Waals surface area contributed by atoms with Gasteiger partial charge in [0.15, 0.2) is 0 Å². The topological polar surface area (TPSA) is 98.1 Å². The van der Waals surface area contributed by atoms with E-state index in [0.717, 1.165) is 52.9 Å². The fraction of sp³-hybridized carbons (Fsp3) is 0.348. The first kappa shape index (κ1) is 21.4. The number of rotatable bonds is 8. The highest BCUT2D eigenvalue weighted by Gasteiger charge is 2.27. The Balaban J connectivity index is 0.00000420. The second-order valence-electron chi connectivity index (χ2n) is 7.87. The molecule has 0 radical (unpaired) electrons. The van der Waals surface area contributed by atoms with Gasteiger partial charge in [0.25, 0.3) is 0 Å². The van der Waals surface area contributed by atoms with Gasteiger partial charge in [0, 0.05) is 50.0 Å². The molecule has 1 aromatic carbocycles. The normalized spacial score (nSPS) is 16.9. The quantitative estimate of drug-likeness (QED) is 0.380. The highest BCUT2D eigenvalue weighted by atomic mass is 14.9. The van der Waals surface area contributed by atoms with Crippen molar-refractivity contribution in [2.45, 2.75) is 33.1 Å². The monoisotopic (exact) mass is 379 g/mol. The van der Waals surface area contributed by atoms with E-state index in [2.05, 4.69) is 30.7 Å². The van der Waals surface area contributed by atoms with Crippen molar-refractivity contribution in [2.75, 3.05) is 18.9 Å². The third-order valence-corrected chi connectivity index (χ3v) is 5.09. The molecule has 0 fully saturated rings. The Morgan fingerprint density at radius 2 is 2.18 bits per heavy atom. The Hall–Kier alpha value is -2.95. The molecule has 150 valence electrons. The minimum absolute atomic E-state index is 0. The first-order valence-electron chi connectivity index (χ1n) is 9.50. The van der Waals surface area contributed by atoms with E-state index in [-0.39, 0.29) is 6.84 Å². The number of nitrogens with two attached hydrogens (primary N) is 1. The molecule has 0 spiro atoms. The van der Waals surface area contributed by atoms with Crippen LogP contribution in [0.3, 0.4) is 0 Å². The van der Waals surface area contributed by atoms with Crippen molar-refractivity contribution >= 4 is 23.8 Å².